The van der Waals surface area contributed by atoms with Crippen molar-refractivity contribution in [3.05, 3.63) is 98.1 Å². The molecule has 0 fully saturated rings. The lowest BCUT2D eigenvalue weighted by Gasteiger charge is -1.95. The highest BCUT2D eigenvalue weighted by molar-refractivity contribution is 6.50. The number of nitrogens with zero attached hydrogens (tertiary/aromatic N) is 8. The molecular formula is C24H22BF4IN8. The molecule has 0 radical (unpaired) electrons. The molecule has 0 atom stereocenters. The van der Waals surface area contributed by atoms with E-state index < -0.39 is 7.25 Å². The van der Waals surface area contributed by atoms with Crippen molar-refractivity contribution in [1.29, 1.82) is 0 Å². The van der Waals surface area contributed by atoms with E-state index in [0.29, 0.717) is 0 Å². The average Bonchev–Trinajstić information content (AvgIpc) is 3.42. The van der Waals surface area contributed by atoms with Gasteiger partial charge in [0.05, 0.1) is 26.5 Å². The van der Waals surface area contributed by atoms with E-state index in [-0.39, 0.29) is 24.0 Å². The van der Waals surface area contributed by atoms with Crippen LogP contribution in [0.4, 0.5) is 17.3 Å². The molecule has 0 N–H and O–H groups in total. The molecule has 4 heterocycles. The third kappa shape index (κ3) is 7.09. The lowest BCUT2D eigenvalue weighted by atomic mass is 10.3. The second kappa shape index (κ2) is 12.5. The van der Waals surface area contributed by atoms with Crippen molar-refractivity contribution in [3.8, 4) is 11.4 Å². The Bertz CT molecular complexity index is 1490. The Balaban J connectivity index is 0.000000176. The predicted molar refractivity (Wildman–Crippen MR) is 130 cm³/mol. The zero-order chi connectivity index (χ0) is 26.4. The number of hydrogen-bond acceptors (Lipinski definition) is 4. The van der Waals surface area contributed by atoms with Crippen LogP contribution in [0.2, 0.25) is 0 Å². The molecule has 38 heavy (non-hydrogen) atoms. The van der Waals surface area contributed by atoms with E-state index in [4.69, 9.17) is 0 Å². The second-order valence-corrected chi connectivity index (χ2v) is 7.77. The minimum atomic E-state index is -6.00. The summed E-state index contributed by atoms with van der Waals surface area (Å²) in [5, 5.41) is 0. The summed E-state index contributed by atoms with van der Waals surface area (Å²) in [6, 6.07) is 20.2. The van der Waals surface area contributed by atoms with E-state index in [1.54, 1.807) is 24.8 Å². The zero-order valence-electron chi connectivity index (χ0n) is 20.3. The smallest absolute Gasteiger partial charge is 0.673 e. The van der Waals surface area contributed by atoms with Crippen LogP contribution in [0.1, 0.15) is 0 Å². The molecule has 0 saturated carbocycles. The number of imidazole rings is 2. The summed E-state index contributed by atoms with van der Waals surface area (Å²) in [6.07, 6.45) is 10.8. The van der Waals surface area contributed by atoms with Gasteiger partial charge in [0.15, 0.2) is 12.7 Å². The number of aromatic nitrogens is 8. The maximum atomic E-state index is 9.75. The van der Waals surface area contributed by atoms with Crippen LogP contribution < -0.4 is 33.1 Å². The van der Waals surface area contributed by atoms with Gasteiger partial charge in [-0.2, -0.15) is 0 Å². The third-order valence-electron chi connectivity index (χ3n) is 5.09. The summed E-state index contributed by atoms with van der Waals surface area (Å²) in [5.74, 6) is 0. The Hall–Kier alpha value is -3.95. The van der Waals surface area contributed by atoms with E-state index in [2.05, 4.69) is 19.9 Å². The quantitative estimate of drug-likeness (QED) is 0.122. The van der Waals surface area contributed by atoms with Gasteiger partial charge in [-0.1, -0.05) is 36.4 Å². The SMILES string of the molecule is C[n+]1cn(-c2ccccc2)c2nccnc21.C[n+]1cn(-c2ccccc2)c2nccnc21.F[B-](F)(F)F.[I-]. The van der Waals surface area contributed by atoms with Crippen molar-refractivity contribution in [3.63, 3.8) is 0 Å². The van der Waals surface area contributed by atoms with Crippen molar-refractivity contribution in [1.82, 2.24) is 29.1 Å². The largest absolute Gasteiger partial charge is 1.00 e. The van der Waals surface area contributed by atoms with E-state index in [1.165, 1.54) is 0 Å². The number of para-hydroxylation sites is 2. The highest BCUT2D eigenvalue weighted by Crippen LogP contribution is 2.13. The molecule has 0 unspecified atom stereocenters. The molecule has 2 aromatic carbocycles. The van der Waals surface area contributed by atoms with Crippen LogP contribution in [-0.4, -0.2) is 36.3 Å². The highest BCUT2D eigenvalue weighted by Gasteiger charge is 2.20. The molecular weight excluding hydrogens is 614 g/mol. The van der Waals surface area contributed by atoms with Gasteiger partial charge < -0.3 is 41.2 Å². The van der Waals surface area contributed by atoms with E-state index >= 15 is 0 Å². The molecule has 6 aromatic rings. The topological polar surface area (TPSA) is 69.2 Å². The highest BCUT2D eigenvalue weighted by atomic mass is 127. The van der Waals surface area contributed by atoms with Crippen LogP contribution in [0.5, 0.6) is 0 Å². The van der Waals surface area contributed by atoms with Crippen LogP contribution in [0.3, 0.4) is 0 Å². The fourth-order valence-electron chi connectivity index (χ4n) is 3.60. The number of halogens is 5. The van der Waals surface area contributed by atoms with Crippen LogP contribution in [0.25, 0.3) is 34.0 Å². The van der Waals surface area contributed by atoms with Gasteiger partial charge >= 0.3 is 18.5 Å². The van der Waals surface area contributed by atoms with Gasteiger partial charge in [0.25, 0.3) is 11.3 Å². The fourth-order valence-corrected chi connectivity index (χ4v) is 3.60. The van der Waals surface area contributed by atoms with Gasteiger partial charge in [-0.25, -0.2) is 28.2 Å². The van der Waals surface area contributed by atoms with Crippen LogP contribution in [0, 0.1) is 0 Å². The molecule has 0 saturated heterocycles. The van der Waals surface area contributed by atoms with Crippen molar-refractivity contribution in [2.75, 3.05) is 0 Å². The van der Waals surface area contributed by atoms with Gasteiger partial charge in [-0.05, 0) is 24.3 Å². The number of hydrogen-bond donors (Lipinski definition) is 0. The summed E-state index contributed by atoms with van der Waals surface area (Å²) in [5.41, 5.74) is 5.69. The summed E-state index contributed by atoms with van der Waals surface area (Å²) in [7, 11) is -2.06. The average molecular weight is 636 g/mol. The molecule has 0 aliphatic rings. The third-order valence-corrected chi connectivity index (χ3v) is 5.09. The molecule has 0 amide bonds. The molecule has 0 bridgehead atoms. The minimum Gasteiger partial charge on any atom is -1.00 e. The van der Waals surface area contributed by atoms with E-state index in [0.717, 1.165) is 34.0 Å². The monoisotopic (exact) mass is 636 g/mol. The lowest BCUT2D eigenvalue weighted by molar-refractivity contribution is -0.647. The Kier molecular flexibility index (Phi) is 9.44. The van der Waals surface area contributed by atoms with Crippen LogP contribution >= 0.6 is 0 Å². The summed E-state index contributed by atoms with van der Waals surface area (Å²) in [4.78, 5) is 17.3. The van der Waals surface area contributed by atoms with Crippen molar-refractivity contribution < 1.29 is 50.4 Å². The van der Waals surface area contributed by atoms with Crippen molar-refractivity contribution in [2.24, 2.45) is 14.1 Å². The zero-order valence-corrected chi connectivity index (χ0v) is 22.4. The van der Waals surface area contributed by atoms with Gasteiger partial charge in [0.1, 0.15) is 23.8 Å². The molecule has 4 aromatic heterocycles. The first-order valence-corrected chi connectivity index (χ1v) is 11.1. The van der Waals surface area contributed by atoms with E-state index in [9.17, 15) is 17.3 Å². The van der Waals surface area contributed by atoms with Gasteiger partial charge in [0, 0.05) is 0 Å². The first-order chi connectivity index (χ1) is 17.7. The normalized spacial score (nSPS) is 10.7. The molecule has 8 nitrogen and oxygen atoms in total. The Labute approximate surface area is 232 Å². The van der Waals surface area contributed by atoms with Crippen LogP contribution in [-0.2, 0) is 14.1 Å². The molecule has 0 aliphatic carbocycles. The van der Waals surface area contributed by atoms with Gasteiger partial charge in [-0.15, -0.1) is 9.97 Å². The Morgan fingerprint density at radius 2 is 0.895 bits per heavy atom. The van der Waals surface area contributed by atoms with Crippen molar-refractivity contribution >= 4 is 29.8 Å². The van der Waals surface area contributed by atoms with Crippen molar-refractivity contribution in [2.45, 2.75) is 0 Å². The number of benzene rings is 2. The number of rotatable bonds is 2. The van der Waals surface area contributed by atoms with Crippen LogP contribution in [0.15, 0.2) is 98.1 Å². The fraction of sp³-hybridized carbons (Fsp3) is 0.0833. The summed E-state index contributed by atoms with van der Waals surface area (Å²) < 4.78 is 47.0. The molecule has 196 valence electrons. The molecule has 14 heteroatoms. The summed E-state index contributed by atoms with van der Waals surface area (Å²) in [6.45, 7) is 0. The summed E-state index contributed by atoms with van der Waals surface area (Å²) >= 11 is 0. The first kappa shape index (κ1) is 28.6. The molecule has 0 aliphatic heterocycles. The maximum absolute atomic E-state index is 9.75. The number of aryl methyl sites for hydroxylation is 2. The molecule has 0 spiro atoms. The second-order valence-electron chi connectivity index (χ2n) is 7.77. The first-order valence-electron chi connectivity index (χ1n) is 11.1. The number of fused-ring (bicyclic) bond motifs is 2. The molecule has 6 rings (SSSR count). The van der Waals surface area contributed by atoms with Gasteiger partial charge in [-0.3, -0.25) is 0 Å². The minimum absolute atomic E-state index is 0. The maximum Gasteiger partial charge on any atom is 0.673 e. The lowest BCUT2D eigenvalue weighted by Crippen LogP contribution is -3.00. The van der Waals surface area contributed by atoms with Gasteiger partial charge in [0.2, 0.25) is 0 Å². The Morgan fingerprint density at radius 3 is 1.24 bits per heavy atom. The van der Waals surface area contributed by atoms with E-state index in [1.807, 2.05) is 106 Å². The standard InChI is InChI=1S/2C12H11N4.BF4.HI/c2*1-15-9-16(10-5-3-2-4-6-10)12-11(15)13-7-8-14-12;2-1(3,4)5;/h2*2-9H,1H3;;1H/q2*+1;-1;/p-1. The Morgan fingerprint density at radius 1 is 0.579 bits per heavy atom. The predicted octanol–water partition coefficient (Wildman–Crippen LogP) is 0.794.